The van der Waals surface area contributed by atoms with E-state index in [-0.39, 0.29) is 0 Å². The molecular weight excluding hydrogens is 344 g/mol. The summed E-state index contributed by atoms with van der Waals surface area (Å²) in [7, 11) is 0. The van der Waals surface area contributed by atoms with Crippen LogP contribution in [0.25, 0.3) is 31.7 Å². The van der Waals surface area contributed by atoms with E-state index in [0.29, 0.717) is 11.6 Å². The molecule has 0 spiro atoms. The number of thiazole rings is 1. The second-order valence-electron chi connectivity index (χ2n) is 5.88. The lowest BCUT2D eigenvalue weighted by Crippen LogP contribution is -1.94. The molecule has 0 unspecified atom stereocenters. The molecule has 0 aliphatic carbocycles. The standard InChI is InChI=1S/C19H14N6S/c20-17-16(19-23-14-5-1-2-6-15(14)26-19)18(25-24-17)22-12-7-8-13-11(10-12)4-3-9-21-13/h1-10H,(H4,20,22,24,25). The number of hydrogen-bond donors (Lipinski definition) is 3. The van der Waals surface area contributed by atoms with Gasteiger partial charge in [0.2, 0.25) is 0 Å². The van der Waals surface area contributed by atoms with E-state index in [0.717, 1.165) is 37.4 Å². The van der Waals surface area contributed by atoms with Crippen LogP contribution >= 0.6 is 11.3 Å². The third-order valence-corrected chi connectivity index (χ3v) is 5.22. The van der Waals surface area contributed by atoms with Crippen molar-refractivity contribution < 1.29 is 0 Å². The van der Waals surface area contributed by atoms with Crippen molar-refractivity contribution in [1.82, 2.24) is 20.2 Å². The summed E-state index contributed by atoms with van der Waals surface area (Å²) in [6.45, 7) is 0. The first kappa shape index (κ1) is 14.9. The Labute approximate surface area is 152 Å². The molecule has 6 nitrogen and oxygen atoms in total. The van der Waals surface area contributed by atoms with Gasteiger partial charge >= 0.3 is 0 Å². The Hall–Kier alpha value is -3.45. The number of anilines is 3. The van der Waals surface area contributed by atoms with Crippen LogP contribution in [0.5, 0.6) is 0 Å². The minimum Gasteiger partial charge on any atom is -0.383 e. The Kier molecular flexibility index (Phi) is 3.32. The maximum Gasteiger partial charge on any atom is 0.164 e. The van der Waals surface area contributed by atoms with Crippen LogP contribution in [0.1, 0.15) is 0 Å². The first-order chi connectivity index (χ1) is 12.8. The summed E-state index contributed by atoms with van der Waals surface area (Å²) in [6.07, 6.45) is 1.79. The molecule has 126 valence electrons. The van der Waals surface area contributed by atoms with E-state index in [1.165, 1.54) is 0 Å². The fraction of sp³-hybridized carbons (Fsp3) is 0. The minimum atomic E-state index is 0.494. The summed E-state index contributed by atoms with van der Waals surface area (Å²) >= 11 is 1.60. The molecule has 0 aliphatic heterocycles. The molecule has 2 aromatic carbocycles. The molecule has 0 saturated heterocycles. The maximum atomic E-state index is 6.14. The van der Waals surface area contributed by atoms with Gasteiger partial charge in [-0.2, -0.15) is 5.10 Å². The number of pyridine rings is 1. The Morgan fingerprint density at radius 3 is 2.85 bits per heavy atom. The van der Waals surface area contributed by atoms with E-state index in [4.69, 9.17) is 10.7 Å². The number of hydrogen-bond acceptors (Lipinski definition) is 6. The number of nitrogen functional groups attached to an aromatic ring is 1. The van der Waals surface area contributed by atoms with Gasteiger partial charge in [-0.1, -0.05) is 18.2 Å². The SMILES string of the molecule is Nc1[nH]nc(Nc2ccc3ncccc3c2)c1-c1nc2ccccc2s1. The second-order valence-corrected chi connectivity index (χ2v) is 6.91. The summed E-state index contributed by atoms with van der Waals surface area (Å²) < 4.78 is 1.12. The molecule has 3 heterocycles. The summed E-state index contributed by atoms with van der Waals surface area (Å²) in [5.74, 6) is 1.15. The molecule has 0 fully saturated rings. The van der Waals surface area contributed by atoms with E-state index in [2.05, 4.69) is 26.6 Å². The van der Waals surface area contributed by atoms with E-state index in [1.807, 2.05) is 48.5 Å². The third kappa shape index (κ3) is 2.46. The molecular formula is C19H14N6S. The number of para-hydroxylation sites is 1. The summed E-state index contributed by atoms with van der Waals surface area (Å²) in [6, 6.07) is 18.0. The van der Waals surface area contributed by atoms with Gasteiger partial charge < -0.3 is 11.1 Å². The normalized spacial score (nSPS) is 11.2. The van der Waals surface area contributed by atoms with Crippen molar-refractivity contribution in [1.29, 1.82) is 0 Å². The molecule has 5 aromatic rings. The van der Waals surface area contributed by atoms with Crippen molar-refractivity contribution in [3.8, 4) is 10.6 Å². The zero-order valence-corrected chi connectivity index (χ0v) is 14.4. The molecule has 5 rings (SSSR count). The van der Waals surface area contributed by atoms with Gasteiger partial charge in [0.15, 0.2) is 5.82 Å². The van der Waals surface area contributed by atoms with Crippen LogP contribution in [0.2, 0.25) is 0 Å². The highest BCUT2D eigenvalue weighted by Gasteiger charge is 2.17. The molecule has 7 heteroatoms. The van der Waals surface area contributed by atoms with Crippen molar-refractivity contribution in [3.05, 3.63) is 60.8 Å². The van der Waals surface area contributed by atoms with Crippen molar-refractivity contribution >= 4 is 49.8 Å². The van der Waals surface area contributed by atoms with Crippen molar-refractivity contribution in [2.24, 2.45) is 0 Å². The van der Waals surface area contributed by atoms with Gasteiger partial charge in [0, 0.05) is 17.3 Å². The number of nitrogens with one attached hydrogen (secondary N) is 2. The lowest BCUT2D eigenvalue weighted by atomic mass is 10.2. The van der Waals surface area contributed by atoms with Crippen LogP contribution < -0.4 is 11.1 Å². The highest BCUT2D eigenvalue weighted by Crippen LogP contribution is 2.38. The summed E-state index contributed by atoms with van der Waals surface area (Å²) in [4.78, 5) is 9.04. The topological polar surface area (TPSA) is 92.5 Å². The molecule has 26 heavy (non-hydrogen) atoms. The predicted molar refractivity (Wildman–Crippen MR) is 107 cm³/mol. The minimum absolute atomic E-state index is 0.494. The van der Waals surface area contributed by atoms with E-state index >= 15 is 0 Å². The van der Waals surface area contributed by atoms with Gasteiger partial charge in [-0.05, 0) is 36.4 Å². The van der Waals surface area contributed by atoms with E-state index in [9.17, 15) is 0 Å². The molecule has 3 aromatic heterocycles. The Morgan fingerprint density at radius 1 is 1.00 bits per heavy atom. The maximum absolute atomic E-state index is 6.14. The first-order valence-electron chi connectivity index (χ1n) is 8.09. The lowest BCUT2D eigenvalue weighted by molar-refractivity contribution is 1.10. The smallest absolute Gasteiger partial charge is 0.164 e. The predicted octanol–water partition coefficient (Wildman–Crippen LogP) is 4.56. The molecule has 4 N–H and O–H groups in total. The average molecular weight is 358 g/mol. The molecule has 0 aliphatic rings. The van der Waals surface area contributed by atoms with Gasteiger partial charge in [0.25, 0.3) is 0 Å². The van der Waals surface area contributed by atoms with Crippen molar-refractivity contribution in [2.75, 3.05) is 11.1 Å². The highest BCUT2D eigenvalue weighted by atomic mass is 32.1. The molecule has 0 bridgehead atoms. The van der Waals surface area contributed by atoms with Crippen LogP contribution in [0.4, 0.5) is 17.3 Å². The van der Waals surface area contributed by atoms with Gasteiger partial charge in [0.1, 0.15) is 10.8 Å². The zero-order chi connectivity index (χ0) is 17.5. The second kappa shape index (κ2) is 5.82. The summed E-state index contributed by atoms with van der Waals surface area (Å²) in [5, 5.41) is 12.4. The number of H-pyrrole nitrogens is 1. The Balaban J connectivity index is 1.57. The Morgan fingerprint density at radius 2 is 1.92 bits per heavy atom. The quantitative estimate of drug-likeness (QED) is 0.440. The number of fused-ring (bicyclic) bond motifs is 2. The van der Waals surface area contributed by atoms with Crippen molar-refractivity contribution in [2.45, 2.75) is 0 Å². The molecule has 0 atom stereocenters. The van der Waals surface area contributed by atoms with Crippen LogP contribution in [0, 0.1) is 0 Å². The monoisotopic (exact) mass is 358 g/mol. The zero-order valence-electron chi connectivity index (χ0n) is 13.6. The molecule has 0 radical (unpaired) electrons. The number of nitrogens with zero attached hydrogens (tertiary/aromatic N) is 3. The molecule has 0 saturated carbocycles. The first-order valence-corrected chi connectivity index (χ1v) is 8.91. The van der Waals surface area contributed by atoms with Crippen molar-refractivity contribution in [3.63, 3.8) is 0 Å². The van der Waals surface area contributed by atoms with Crippen LogP contribution in [-0.2, 0) is 0 Å². The lowest BCUT2D eigenvalue weighted by Gasteiger charge is -2.06. The number of rotatable bonds is 3. The highest BCUT2D eigenvalue weighted by molar-refractivity contribution is 7.21. The largest absolute Gasteiger partial charge is 0.383 e. The summed E-state index contributed by atoms with van der Waals surface area (Å²) in [5.41, 5.74) is 9.75. The fourth-order valence-corrected chi connectivity index (χ4v) is 3.96. The van der Waals surface area contributed by atoms with Gasteiger partial charge in [-0.15, -0.1) is 11.3 Å². The number of aromatic nitrogens is 4. The average Bonchev–Trinajstić information content (AvgIpc) is 3.24. The van der Waals surface area contributed by atoms with Crippen LogP contribution in [0.15, 0.2) is 60.8 Å². The van der Waals surface area contributed by atoms with E-state index < -0.39 is 0 Å². The number of benzene rings is 2. The van der Waals surface area contributed by atoms with E-state index in [1.54, 1.807) is 17.5 Å². The van der Waals surface area contributed by atoms with Gasteiger partial charge in [-0.3, -0.25) is 10.1 Å². The van der Waals surface area contributed by atoms with Gasteiger partial charge in [-0.25, -0.2) is 4.98 Å². The number of aromatic amines is 1. The molecule has 0 amide bonds. The Bertz CT molecular complexity index is 1210. The van der Waals surface area contributed by atoms with Crippen LogP contribution in [0.3, 0.4) is 0 Å². The third-order valence-electron chi connectivity index (χ3n) is 4.17. The van der Waals surface area contributed by atoms with Gasteiger partial charge in [0.05, 0.1) is 21.3 Å². The number of nitrogens with two attached hydrogens (primary N) is 1. The van der Waals surface area contributed by atoms with Crippen LogP contribution in [-0.4, -0.2) is 20.2 Å². The fourth-order valence-electron chi connectivity index (χ4n) is 2.93.